The van der Waals surface area contributed by atoms with Gasteiger partial charge in [0.25, 0.3) is 5.91 Å². The summed E-state index contributed by atoms with van der Waals surface area (Å²) in [5.41, 5.74) is 1.57. The summed E-state index contributed by atoms with van der Waals surface area (Å²) < 4.78 is 5.05. The smallest absolute Gasteiger partial charge is 0.314 e. The number of rotatable bonds is 2. The van der Waals surface area contributed by atoms with E-state index in [-0.39, 0.29) is 23.2 Å². The van der Waals surface area contributed by atoms with E-state index in [0.29, 0.717) is 24.2 Å². The lowest BCUT2D eigenvalue weighted by Crippen LogP contribution is -2.57. The average molecular weight is 327 g/mol. The van der Waals surface area contributed by atoms with Gasteiger partial charge in [-0.15, -0.1) is 0 Å². The highest BCUT2D eigenvalue weighted by Crippen LogP contribution is 2.63. The summed E-state index contributed by atoms with van der Waals surface area (Å²) in [6, 6.07) is 3.73. The molecule has 2 atom stereocenters. The number of methoxy groups -OCH3 is 1. The fourth-order valence-electron chi connectivity index (χ4n) is 4.81. The predicted octanol–water partition coefficient (Wildman–Crippen LogP) is 2.22. The topological polar surface area (TPSA) is 75.3 Å². The first kappa shape index (κ1) is 15.2. The number of fused-ring (bicyclic) bond motifs is 2. The fraction of sp³-hybridized carbons (Fsp3) is 0.500. The van der Waals surface area contributed by atoms with Crippen LogP contribution in [-0.2, 0) is 9.53 Å². The van der Waals surface area contributed by atoms with E-state index in [1.54, 1.807) is 17.3 Å². The summed E-state index contributed by atoms with van der Waals surface area (Å²) in [5.74, 6) is -0.132. The second-order valence-corrected chi connectivity index (χ2v) is 7.65. The van der Waals surface area contributed by atoms with Crippen LogP contribution >= 0.6 is 0 Å². The highest BCUT2D eigenvalue weighted by Gasteiger charge is 2.68. The van der Waals surface area contributed by atoms with E-state index >= 15 is 0 Å². The summed E-state index contributed by atoms with van der Waals surface area (Å²) >= 11 is 0. The zero-order valence-electron chi connectivity index (χ0n) is 14.1. The Hall–Kier alpha value is -2.37. The van der Waals surface area contributed by atoms with Gasteiger partial charge in [0.05, 0.1) is 23.6 Å². The molecule has 2 aromatic rings. The van der Waals surface area contributed by atoms with E-state index in [0.717, 1.165) is 11.9 Å². The van der Waals surface area contributed by atoms with Crippen molar-refractivity contribution >= 4 is 22.9 Å². The van der Waals surface area contributed by atoms with Gasteiger partial charge in [-0.1, -0.05) is 13.8 Å². The maximum atomic E-state index is 13.0. The molecule has 1 aliphatic heterocycles. The number of nitrogens with zero attached hydrogens (tertiary/aromatic N) is 2. The maximum absolute atomic E-state index is 13.0. The minimum Gasteiger partial charge on any atom is -0.469 e. The summed E-state index contributed by atoms with van der Waals surface area (Å²) in [6.45, 7) is 5.31. The molecule has 2 aliphatic rings. The van der Waals surface area contributed by atoms with Gasteiger partial charge in [-0.25, -0.2) is 0 Å². The first-order chi connectivity index (χ1) is 11.4. The lowest BCUT2D eigenvalue weighted by Gasteiger charge is -2.54. The molecule has 1 saturated carbocycles. The maximum Gasteiger partial charge on any atom is 0.314 e. The Bertz CT molecular complexity index is 841. The van der Waals surface area contributed by atoms with Crippen LogP contribution in [-0.4, -0.2) is 46.9 Å². The van der Waals surface area contributed by atoms with Gasteiger partial charge in [-0.2, -0.15) is 0 Å². The van der Waals surface area contributed by atoms with Crippen molar-refractivity contribution in [1.82, 2.24) is 14.9 Å². The molecule has 6 nitrogen and oxygen atoms in total. The number of aromatic amines is 1. The molecule has 0 radical (unpaired) electrons. The summed E-state index contributed by atoms with van der Waals surface area (Å²) in [6.07, 6.45) is 4.14. The number of hydrogen-bond donors (Lipinski definition) is 1. The zero-order valence-corrected chi connectivity index (χ0v) is 14.1. The number of nitrogens with one attached hydrogen (secondary N) is 1. The normalized spacial score (nSPS) is 27.6. The van der Waals surface area contributed by atoms with Crippen molar-refractivity contribution in [3.8, 4) is 0 Å². The third-order valence-electron chi connectivity index (χ3n) is 5.80. The Morgan fingerprint density at radius 1 is 1.42 bits per heavy atom. The Morgan fingerprint density at radius 2 is 2.21 bits per heavy atom. The number of carbonyl (C=O) groups excluding carboxylic acids is 2. The quantitative estimate of drug-likeness (QED) is 0.858. The third kappa shape index (κ3) is 1.85. The molecule has 1 N–H and O–H groups in total. The van der Waals surface area contributed by atoms with Gasteiger partial charge in [-0.3, -0.25) is 14.6 Å². The molecular weight excluding hydrogens is 306 g/mol. The van der Waals surface area contributed by atoms with Crippen molar-refractivity contribution in [2.75, 3.05) is 20.2 Å². The molecule has 1 aliphatic carbocycles. The lowest BCUT2D eigenvalue weighted by molar-refractivity contribution is -0.174. The molecule has 1 amide bonds. The van der Waals surface area contributed by atoms with Gasteiger partial charge in [0.2, 0.25) is 0 Å². The highest BCUT2D eigenvalue weighted by molar-refractivity contribution is 6.05. The van der Waals surface area contributed by atoms with E-state index in [1.165, 1.54) is 7.11 Å². The summed E-state index contributed by atoms with van der Waals surface area (Å²) in [7, 11) is 1.42. The molecule has 0 aromatic carbocycles. The standard InChI is InChI=1S/C18H21N3O3/c1-17(2)9-18(16(23)24-3)10-21(8-13(17)18)15(22)11-7-20-12-5-4-6-19-14(11)12/h4-7,13,20H,8-10H2,1-3H3/t13-,18+/m1/s1. The van der Waals surface area contributed by atoms with Gasteiger partial charge < -0.3 is 14.6 Å². The van der Waals surface area contributed by atoms with Gasteiger partial charge in [-0.05, 0) is 29.9 Å². The van der Waals surface area contributed by atoms with Crippen molar-refractivity contribution < 1.29 is 14.3 Å². The van der Waals surface area contributed by atoms with E-state index in [1.807, 2.05) is 12.1 Å². The largest absolute Gasteiger partial charge is 0.469 e. The number of likely N-dealkylation sites (tertiary alicyclic amines) is 1. The highest BCUT2D eigenvalue weighted by atomic mass is 16.5. The van der Waals surface area contributed by atoms with E-state index < -0.39 is 5.41 Å². The molecule has 2 aromatic heterocycles. The van der Waals surface area contributed by atoms with Gasteiger partial charge in [0.1, 0.15) is 5.52 Å². The van der Waals surface area contributed by atoms with Crippen LogP contribution in [0.4, 0.5) is 0 Å². The zero-order chi connectivity index (χ0) is 17.1. The second-order valence-electron chi connectivity index (χ2n) is 7.65. The number of hydrogen-bond acceptors (Lipinski definition) is 4. The Kier molecular flexibility index (Phi) is 3.04. The minimum absolute atomic E-state index is 0.0433. The molecule has 2 fully saturated rings. The van der Waals surface area contributed by atoms with Crippen LogP contribution in [0, 0.1) is 16.7 Å². The first-order valence-electron chi connectivity index (χ1n) is 8.19. The SMILES string of the molecule is COC(=O)[C@@]12CN(C(=O)c3c[nH]c4cccnc34)C[C@@H]1C(C)(C)C2. The number of H-pyrrole nitrogens is 1. The minimum atomic E-state index is -0.548. The van der Waals surface area contributed by atoms with Crippen molar-refractivity contribution in [1.29, 1.82) is 0 Å². The summed E-state index contributed by atoms with van der Waals surface area (Å²) in [4.78, 5) is 34.6. The number of amides is 1. The van der Waals surface area contributed by atoms with Crippen LogP contribution in [0.1, 0.15) is 30.6 Å². The van der Waals surface area contributed by atoms with Crippen molar-refractivity contribution in [2.45, 2.75) is 20.3 Å². The van der Waals surface area contributed by atoms with E-state index in [2.05, 4.69) is 23.8 Å². The molecule has 1 saturated heterocycles. The molecule has 126 valence electrons. The second kappa shape index (κ2) is 4.82. The van der Waals surface area contributed by atoms with Crippen LogP contribution in [0.5, 0.6) is 0 Å². The molecule has 0 bridgehead atoms. The van der Waals surface area contributed by atoms with Gasteiger partial charge >= 0.3 is 5.97 Å². The molecule has 0 spiro atoms. The molecule has 0 unspecified atom stereocenters. The van der Waals surface area contributed by atoms with Crippen LogP contribution < -0.4 is 0 Å². The van der Waals surface area contributed by atoms with Gasteiger partial charge in [0, 0.05) is 25.5 Å². The Labute approximate surface area is 140 Å². The number of ether oxygens (including phenoxy) is 1. The van der Waals surface area contributed by atoms with Gasteiger partial charge in [0.15, 0.2) is 0 Å². The van der Waals surface area contributed by atoms with Crippen molar-refractivity contribution in [2.24, 2.45) is 16.7 Å². The molecular formula is C18H21N3O3. The van der Waals surface area contributed by atoms with Crippen molar-refractivity contribution in [3.05, 3.63) is 30.1 Å². The number of pyridine rings is 1. The van der Waals surface area contributed by atoms with Crippen molar-refractivity contribution in [3.63, 3.8) is 0 Å². The van der Waals surface area contributed by atoms with E-state index in [4.69, 9.17) is 4.74 Å². The number of aromatic nitrogens is 2. The third-order valence-corrected chi connectivity index (χ3v) is 5.80. The first-order valence-corrected chi connectivity index (χ1v) is 8.19. The van der Waals surface area contributed by atoms with Crippen LogP contribution in [0.15, 0.2) is 24.5 Å². The molecule has 3 heterocycles. The monoisotopic (exact) mass is 327 g/mol. The predicted molar refractivity (Wildman–Crippen MR) is 88.3 cm³/mol. The van der Waals surface area contributed by atoms with E-state index in [9.17, 15) is 9.59 Å². The molecule has 4 rings (SSSR count). The van der Waals surface area contributed by atoms with Crippen LogP contribution in [0.25, 0.3) is 11.0 Å². The van der Waals surface area contributed by atoms with Crippen LogP contribution in [0.3, 0.4) is 0 Å². The molecule has 24 heavy (non-hydrogen) atoms. The number of esters is 1. The number of carbonyl (C=O) groups is 2. The Morgan fingerprint density at radius 3 is 2.92 bits per heavy atom. The Balaban J connectivity index is 1.66. The summed E-state index contributed by atoms with van der Waals surface area (Å²) in [5, 5.41) is 0. The van der Waals surface area contributed by atoms with Crippen LogP contribution in [0.2, 0.25) is 0 Å². The lowest BCUT2D eigenvalue weighted by atomic mass is 9.48. The average Bonchev–Trinajstić information content (AvgIpc) is 3.13. The fourth-order valence-corrected chi connectivity index (χ4v) is 4.81. The molecule has 6 heteroatoms.